The highest BCUT2D eigenvalue weighted by Crippen LogP contribution is 2.37. The summed E-state index contributed by atoms with van der Waals surface area (Å²) in [5.74, 6) is -0.0512. The topological polar surface area (TPSA) is 65.1 Å². The van der Waals surface area contributed by atoms with Gasteiger partial charge in [0.2, 0.25) is 5.91 Å². The van der Waals surface area contributed by atoms with E-state index in [0.717, 1.165) is 16.5 Å². The third-order valence-electron chi connectivity index (χ3n) is 4.21. The molecule has 0 bridgehead atoms. The lowest BCUT2D eigenvalue weighted by Crippen LogP contribution is -2.25. The summed E-state index contributed by atoms with van der Waals surface area (Å²) < 4.78 is 1.61. The van der Waals surface area contributed by atoms with Crippen LogP contribution in [-0.4, -0.2) is 15.4 Å². The summed E-state index contributed by atoms with van der Waals surface area (Å²) in [7, 11) is 0. The molecule has 1 aromatic heterocycles. The Morgan fingerprint density at radius 3 is 2.40 bits per heavy atom. The predicted octanol–water partition coefficient (Wildman–Crippen LogP) is 5.21. The average Bonchev–Trinajstić information content (AvgIpc) is 2.92. The first-order chi connectivity index (χ1) is 11.7. The van der Waals surface area contributed by atoms with Crippen molar-refractivity contribution in [1.82, 2.24) is 4.57 Å². The van der Waals surface area contributed by atoms with Crippen molar-refractivity contribution in [3.63, 3.8) is 0 Å². The van der Waals surface area contributed by atoms with Crippen LogP contribution in [0.3, 0.4) is 0 Å². The number of aryl methyl sites for hydroxylation is 1. The maximum atomic E-state index is 12.8. The molecular weight excluding hydrogens is 316 g/mol. The Balaban J connectivity index is 2.33. The van der Waals surface area contributed by atoms with E-state index in [1.165, 1.54) is 0 Å². The molecule has 0 atom stereocenters. The van der Waals surface area contributed by atoms with Gasteiger partial charge in [-0.2, -0.15) is 0 Å². The molecule has 0 amide bonds. The van der Waals surface area contributed by atoms with E-state index in [4.69, 9.17) is 0 Å². The standard InChI is InChI=1S/C20H20N2O3/c1-13-9-10-15(18(11-13)22(24)25)16-12-21(19(23)20(2,3)4)17-8-6-5-7-14(16)17/h5-12H,1-4H3. The number of benzene rings is 2. The fourth-order valence-electron chi connectivity index (χ4n) is 2.94. The van der Waals surface area contributed by atoms with Gasteiger partial charge in [0.15, 0.2) is 0 Å². The second kappa shape index (κ2) is 5.84. The Hall–Kier alpha value is -2.95. The van der Waals surface area contributed by atoms with Crippen LogP contribution in [0.25, 0.3) is 22.0 Å². The van der Waals surface area contributed by atoms with Crippen LogP contribution in [0, 0.1) is 22.5 Å². The lowest BCUT2D eigenvalue weighted by molar-refractivity contribution is -0.384. The van der Waals surface area contributed by atoms with Crippen molar-refractivity contribution in [2.75, 3.05) is 0 Å². The summed E-state index contributed by atoms with van der Waals surface area (Å²) in [5, 5.41) is 12.3. The molecule has 0 aliphatic rings. The fourth-order valence-corrected chi connectivity index (χ4v) is 2.94. The molecule has 0 N–H and O–H groups in total. The Morgan fingerprint density at radius 1 is 1.08 bits per heavy atom. The van der Waals surface area contributed by atoms with E-state index in [-0.39, 0.29) is 16.5 Å². The van der Waals surface area contributed by atoms with Crippen LogP contribution < -0.4 is 0 Å². The van der Waals surface area contributed by atoms with Crippen molar-refractivity contribution < 1.29 is 9.72 Å². The average molecular weight is 336 g/mol. The molecule has 0 aliphatic heterocycles. The highest BCUT2D eigenvalue weighted by Gasteiger charge is 2.27. The minimum atomic E-state index is -0.557. The van der Waals surface area contributed by atoms with Gasteiger partial charge >= 0.3 is 0 Å². The van der Waals surface area contributed by atoms with Crippen LogP contribution in [0.1, 0.15) is 31.1 Å². The van der Waals surface area contributed by atoms with Crippen LogP contribution in [0.2, 0.25) is 0 Å². The number of para-hydroxylation sites is 1. The molecule has 1 heterocycles. The summed E-state index contributed by atoms with van der Waals surface area (Å²) in [6, 6.07) is 12.7. The van der Waals surface area contributed by atoms with Crippen molar-refractivity contribution in [2.45, 2.75) is 27.7 Å². The Kier molecular flexibility index (Phi) is 3.95. The van der Waals surface area contributed by atoms with Crippen LogP contribution in [0.4, 0.5) is 5.69 Å². The number of rotatable bonds is 2. The number of hydrogen-bond acceptors (Lipinski definition) is 3. The normalized spacial score (nSPS) is 11.7. The van der Waals surface area contributed by atoms with Gasteiger partial charge in [-0.1, -0.05) is 45.0 Å². The summed E-state index contributed by atoms with van der Waals surface area (Å²) in [6.45, 7) is 7.40. The molecule has 0 saturated heterocycles. The number of hydrogen-bond donors (Lipinski definition) is 0. The fraction of sp³-hybridized carbons (Fsp3) is 0.250. The molecule has 5 nitrogen and oxygen atoms in total. The van der Waals surface area contributed by atoms with Crippen molar-refractivity contribution in [3.8, 4) is 11.1 Å². The van der Waals surface area contributed by atoms with E-state index in [2.05, 4.69) is 0 Å². The third kappa shape index (κ3) is 2.93. The zero-order valence-corrected chi connectivity index (χ0v) is 14.7. The Labute approximate surface area is 146 Å². The third-order valence-corrected chi connectivity index (χ3v) is 4.21. The van der Waals surface area contributed by atoms with Gasteiger partial charge in [0, 0.05) is 28.6 Å². The summed E-state index contributed by atoms with van der Waals surface area (Å²) >= 11 is 0. The molecule has 3 aromatic rings. The van der Waals surface area contributed by atoms with Crippen LogP contribution >= 0.6 is 0 Å². The number of carbonyl (C=O) groups is 1. The highest BCUT2D eigenvalue weighted by molar-refractivity contribution is 6.04. The van der Waals surface area contributed by atoms with Crippen molar-refractivity contribution in [2.24, 2.45) is 5.41 Å². The number of aromatic nitrogens is 1. The zero-order valence-electron chi connectivity index (χ0n) is 14.7. The monoisotopic (exact) mass is 336 g/mol. The van der Waals surface area contributed by atoms with Gasteiger partial charge in [-0.05, 0) is 24.6 Å². The maximum Gasteiger partial charge on any atom is 0.277 e. The largest absolute Gasteiger partial charge is 0.286 e. The second-order valence-electron chi connectivity index (χ2n) is 7.26. The molecule has 0 spiro atoms. The van der Waals surface area contributed by atoms with Gasteiger partial charge in [0.05, 0.1) is 16.0 Å². The molecular formula is C20H20N2O3. The smallest absolute Gasteiger partial charge is 0.277 e. The van der Waals surface area contributed by atoms with E-state index < -0.39 is 5.41 Å². The maximum absolute atomic E-state index is 12.8. The molecule has 0 saturated carbocycles. The number of fused-ring (bicyclic) bond motifs is 1. The minimum Gasteiger partial charge on any atom is -0.286 e. The first kappa shape index (κ1) is 16.9. The van der Waals surface area contributed by atoms with Crippen molar-refractivity contribution in [3.05, 3.63) is 64.3 Å². The van der Waals surface area contributed by atoms with Gasteiger partial charge in [0.25, 0.3) is 5.69 Å². The quantitative estimate of drug-likeness (QED) is 0.476. The van der Waals surface area contributed by atoms with Crippen molar-refractivity contribution in [1.29, 1.82) is 0 Å². The van der Waals surface area contributed by atoms with Gasteiger partial charge in [-0.25, -0.2) is 0 Å². The van der Waals surface area contributed by atoms with Crippen molar-refractivity contribution >= 4 is 22.5 Å². The number of carbonyl (C=O) groups excluding carboxylic acids is 1. The van der Waals surface area contributed by atoms with Gasteiger partial charge in [-0.15, -0.1) is 0 Å². The van der Waals surface area contributed by atoms with Gasteiger partial charge in [0.1, 0.15) is 0 Å². The van der Waals surface area contributed by atoms with Crippen LogP contribution in [0.15, 0.2) is 48.7 Å². The van der Waals surface area contributed by atoms with Crippen LogP contribution in [0.5, 0.6) is 0 Å². The Morgan fingerprint density at radius 2 is 1.76 bits per heavy atom. The lowest BCUT2D eigenvalue weighted by atomic mass is 9.95. The van der Waals surface area contributed by atoms with Gasteiger partial charge in [-0.3, -0.25) is 19.5 Å². The van der Waals surface area contributed by atoms with Crippen LogP contribution in [-0.2, 0) is 0 Å². The highest BCUT2D eigenvalue weighted by atomic mass is 16.6. The summed E-state index contributed by atoms with van der Waals surface area (Å²) in [4.78, 5) is 24.0. The van der Waals surface area contributed by atoms with E-state index in [9.17, 15) is 14.9 Å². The molecule has 0 fully saturated rings. The lowest BCUT2D eigenvalue weighted by Gasteiger charge is -2.17. The molecule has 5 heteroatoms. The van der Waals surface area contributed by atoms with E-state index in [1.807, 2.05) is 58.0 Å². The number of nitrogens with zero attached hydrogens (tertiary/aromatic N) is 2. The Bertz CT molecular complexity index is 994. The molecule has 25 heavy (non-hydrogen) atoms. The zero-order chi connectivity index (χ0) is 18.4. The molecule has 0 radical (unpaired) electrons. The van der Waals surface area contributed by atoms with E-state index in [1.54, 1.807) is 22.9 Å². The number of nitro groups is 1. The molecule has 0 unspecified atom stereocenters. The number of nitro benzene ring substituents is 1. The first-order valence-electron chi connectivity index (χ1n) is 8.10. The SMILES string of the molecule is Cc1ccc(-c2cn(C(=O)C(C)(C)C)c3ccccc23)c([N+](=O)[O-])c1. The summed E-state index contributed by atoms with van der Waals surface area (Å²) in [5.41, 5.74) is 2.29. The van der Waals surface area contributed by atoms with E-state index in [0.29, 0.717) is 11.1 Å². The molecule has 3 rings (SSSR count). The summed E-state index contributed by atoms with van der Waals surface area (Å²) in [6.07, 6.45) is 1.72. The minimum absolute atomic E-state index is 0.0473. The predicted molar refractivity (Wildman–Crippen MR) is 98.8 cm³/mol. The molecule has 0 aliphatic carbocycles. The molecule has 128 valence electrons. The molecule has 2 aromatic carbocycles. The second-order valence-corrected chi connectivity index (χ2v) is 7.26. The van der Waals surface area contributed by atoms with E-state index >= 15 is 0 Å². The first-order valence-corrected chi connectivity index (χ1v) is 8.10. The van der Waals surface area contributed by atoms with Gasteiger partial charge < -0.3 is 0 Å².